The van der Waals surface area contributed by atoms with Gasteiger partial charge in [-0.05, 0) is 121 Å². The summed E-state index contributed by atoms with van der Waals surface area (Å²) in [4.78, 5) is 56.7. The fourth-order valence-electron chi connectivity index (χ4n) is 8.38. The van der Waals surface area contributed by atoms with Crippen molar-refractivity contribution < 1.29 is 56.1 Å². The van der Waals surface area contributed by atoms with Gasteiger partial charge in [-0.25, -0.2) is 13.6 Å². The maximum absolute atomic E-state index is 14.8. The Hall–Kier alpha value is -6.48. The van der Waals surface area contributed by atoms with E-state index in [1.54, 1.807) is 58.6 Å². The van der Waals surface area contributed by atoms with Crippen LogP contribution in [0.4, 0.5) is 25.0 Å². The van der Waals surface area contributed by atoms with Crippen LogP contribution in [-0.2, 0) is 9.16 Å². The Morgan fingerprint density at radius 2 is 1.25 bits per heavy atom. The maximum Gasteiger partial charge on any atom is 0.411 e. The van der Waals surface area contributed by atoms with E-state index in [-0.39, 0.29) is 99.3 Å². The van der Waals surface area contributed by atoms with E-state index in [1.807, 2.05) is 26.9 Å². The molecule has 0 unspecified atom stereocenters. The quantitative estimate of drug-likeness (QED) is 0.0296. The molecule has 0 bridgehead atoms. The molecular weight excluding hydrogens is 995 g/mol. The minimum absolute atomic E-state index is 0.0484. The molecule has 0 fully saturated rings. The first-order chi connectivity index (χ1) is 35.3. The molecule has 18 heteroatoms. The Morgan fingerprint density at radius 1 is 0.760 bits per heavy atom. The third-order valence-electron chi connectivity index (χ3n) is 14.9. The highest BCUT2D eigenvalue weighted by molar-refractivity contribution is 6.74. The van der Waals surface area contributed by atoms with Crippen molar-refractivity contribution in [1.82, 2.24) is 9.80 Å². The number of nitrogens with zero attached hydrogens (tertiary/aromatic N) is 2. The summed E-state index contributed by atoms with van der Waals surface area (Å²) in [7, 11) is -1.87. The average molecular weight is 1070 g/mol. The highest BCUT2D eigenvalue weighted by Crippen LogP contribution is 2.45. The van der Waals surface area contributed by atoms with Crippen molar-refractivity contribution >= 4 is 57.1 Å². The summed E-state index contributed by atoms with van der Waals surface area (Å²) in [5.74, 6) is -0.477. The molecule has 0 aromatic heterocycles. The number of carbonyl (C=O) groups excluding carboxylic acids is 3. The SMILES string of the molecule is C=CCOC(=O)Nc1cc(OCCCOc2cc(N)c(C(=O)N3C=C(c4ccc(F)cc4)C[C@H]3CO[Si](C)(C)C(C)(C)C)cc2OC)c(OC)cc1C(=O)N1C=C(c2ccc(F)cc2)C[C@H]1CCC(C)(C)[Si](C)(C)O. The first-order valence-electron chi connectivity index (χ1n) is 25.2. The number of nitrogens with one attached hydrogen (secondary N) is 1. The van der Waals surface area contributed by atoms with E-state index in [4.69, 9.17) is 33.8 Å². The average Bonchev–Trinajstić information content (AvgIpc) is 3.99. The Labute approximate surface area is 442 Å². The number of hydrogen-bond donors (Lipinski definition) is 3. The molecule has 404 valence electrons. The van der Waals surface area contributed by atoms with Gasteiger partial charge in [0.15, 0.2) is 39.6 Å². The first kappa shape index (κ1) is 57.8. The molecule has 2 aliphatic rings. The number of nitrogens with two attached hydrogens (primary N) is 1. The van der Waals surface area contributed by atoms with Gasteiger partial charge in [-0.2, -0.15) is 0 Å². The fraction of sp³-hybridized carbons (Fsp3) is 0.421. The van der Waals surface area contributed by atoms with Gasteiger partial charge in [0.2, 0.25) is 0 Å². The first-order valence-corrected chi connectivity index (χ1v) is 31.1. The second-order valence-electron chi connectivity index (χ2n) is 21.7. The number of benzene rings is 4. The van der Waals surface area contributed by atoms with E-state index < -0.39 is 28.6 Å². The highest BCUT2D eigenvalue weighted by atomic mass is 28.4. The molecule has 0 aliphatic carbocycles. The van der Waals surface area contributed by atoms with Gasteiger partial charge in [-0.3, -0.25) is 14.9 Å². The number of amides is 3. The number of nitrogen functional groups attached to an aromatic ring is 1. The van der Waals surface area contributed by atoms with Crippen molar-refractivity contribution in [2.75, 3.05) is 51.7 Å². The molecule has 0 radical (unpaired) electrons. The normalized spacial score (nSPS) is 16.0. The van der Waals surface area contributed by atoms with Crippen LogP contribution in [0.1, 0.15) is 98.6 Å². The molecule has 0 spiro atoms. The number of carbonyl (C=O) groups is 3. The molecule has 2 heterocycles. The summed E-state index contributed by atoms with van der Waals surface area (Å²) >= 11 is 0. The van der Waals surface area contributed by atoms with Crippen LogP contribution in [-0.4, -0.2) is 102 Å². The zero-order valence-corrected chi connectivity index (χ0v) is 47.2. The van der Waals surface area contributed by atoms with Gasteiger partial charge < -0.3 is 48.4 Å². The lowest BCUT2D eigenvalue weighted by molar-refractivity contribution is 0.0737. The van der Waals surface area contributed by atoms with E-state index in [0.29, 0.717) is 44.5 Å². The molecule has 0 saturated heterocycles. The van der Waals surface area contributed by atoms with Crippen LogP contribution in [0, 0.1) is 11.6 Å². The van der Waals surface area contributed by atoms with Crippen molar-refractivity contribution in [1.29, 1.82) is 0 Å². The van der Waals surface area contributed by atoms with Gasteiger partial charge in [0.25, 0.3) is 11.8 Å². The van der Waals surface area contributed by atoms with E-state index >= 15 is 0 Å². The minimum atomic E-state index is -2.59. The van der Waals surface area contributed by atoms with E-state index in [1.165, 1.54) is 56.7 Å². The van der Waals surface area contributed by atoms with Crippen molar-refractivity contribution in [2.45, 2.75) is 115 Å². The van der Waals surface area contributed by atoms with Crippen LogP contribution >= 0.6 is 0 Å². The van der Waals surface area contributed by atoms with Crippen molar-refractivity contribution in [3.05, 3.63) is 132 Å². The van der Waals surface area contributed by atoms with Crippen LogP contribution in [0.15, 0.2) is 97.9 Å². The Bertz CT molecular complexity index is 2770. The third-order valence-corrected chi connectivity index (χ3v) is 22.9. The molecule has 4 aromatic rings. The lowest BCUT2D eigenvalue weighted by Crippen LogP contribution is -2.45. The van der Waals surface area contributed by atoms with Crippen LogP contribution in [0.3, 0.4) is 0 Å². The summed E-state index contributed by atoms with van der Waals surface area (Å²) in [5, 5.41) is 2.29. The van der Waals surface area contributed by atoms with Crippen molar-refractivity contribution in [3.8, 4) is 23.0 Å². The lowest BCUT2D eigenvalue weighted by Gasteiger charge is -2.38. The molecule has 4 aromatic carbocycles. The van der Waals surface area contributed by atoms with Crippen LogP contribution in [0.25, 0.3) is 11.1 Å². The standard InChI is InChI=1S/C57H74F2N4O10Si2/c1-13-25-72-55(66)61-48-33-52(50(69-8)31-46(48)54(65)62-34-39(37-15-19-41(58)20-16-37)28-43(62)23-24-57(5,6)74(9,10)67)71-27-14-26-70-51-32-47(60)45(30-49(51)68-7)53(64)63-35-40(38-17-21-42(59)22-18-38)29-44(63)36-73-75(11,12)56(2,3)4/h13,15-22,30-35,43-44,67H,1,14,23-29,36,60H2,2-12H3,(H,61,66)/t43-,44+/m1/s1. The summed E-state index contributed by atoms with van der Waals surface area (Å²) in [6.45, 7) is 22.8. The van der Waals surface area contributed by atoms with Gasteiger partial charge in [0, 0.05) is 42.7 Å². The molecule has 2 atom stereocenters. The van der Waals surface area contributed by atoms with E-state index in [0.717, 1.165) is 22.3 Å². The van der Waals surface area contributed by atoms with Crippen molar-refractivity contribution in [3.63, 3.8) is 0 Å². The number of halogens is 2. The molecule has 0 saturated carbocycles. The minimum Gasteiger partial charge on any atom is -0.493 e. The van der Waals surface area contributed by atoms with Crippen LogP contribution in [0.5, 0.6) is 23.0 Å². The predicted octanol–water partition coefficient (Wildman–Crippen LogP) is 12.4. The van der Waals surface area contributed by atoms with E-state index in [2.05, 4.69) is 45.8 Å². The Morgan fingerprint density at radius 3 is 1.76 bits per heavy atom. The van der Waals surface area contributed by atoms with Gasteiger partial charge in [0.1, 0.15) is 18.2 Å². The van der Waals surface area contributed by atoms with Gasteiger partial charge in [-0.1, -0.05) is 71.5 Å². The highest BCUT2D eigenvalue weighted by Gasteiger charge is 2.42. The Kier molecular flexibility index (Phi) is 18.5. The lowest BCUT2D eigenvalue weighted by atomic mass is 9.96. The smallest absolute Gasteiger partial charge is 0.411 e. The number of anilines is 2. The largest absolute Gasteiger partial charge is 0.493 e. The second kappa shape index (κ2) is 24.0. The Balaban J connectivity index is 1.19. The number of methoxy groups -OCH3 is 2. The van der Waals surface area contributed by atoms with Gasteiger partial charge in [0.05, 0.1) is 56.9 Å². The predicted molar refractivity (Wildman–Crippen MR) is 295 cm³/mol. The summed E-state index contributed by atoms with van der Waals surface area (Å²) in [6.07, 6.45) is 6.68. The summed E-state index contributed by atoms with van der Waals surface area (Å²) < 4.78 is 63.6. The second-order valence-corrected chi connectivity index (χ2v) is 31.0. The molecule has 4 N–H and O–H groups in total. The fourth-order valence-corrected chi connectivity index (χ4v) is 10.2. The van der Waals surface area contributed by atoms with Gasteiger partial charge >= 0.3 is 6.09 Å². The molecular formula is C57H74F2N4O10Si2. The number of ether oxygens (including phenoxy) is 5. The molecule has 3 amide bonds. The number of rotatable bonds is 22. The summed E-state index contributed by atoms with van der Waals surface area (Å²) in [5.41, 5.74) is 10.5. The summed E-state index contributed by atoms with van der Waals surface area (Å²) in [6, 6.07) is 17.8. The van der Waals surface area contributed by atoms with Crippen LogP contribution in [0.2, 0.25) is 36.3 Å². The topological polar surface area (TPSA) is 171 Å². The maximum atomic E-state index is 14.8. The molecule has 14 nitrogen and oxygen atoms in total. The van der Waals surface area contributed by atoms with Crippen molar-refractivity contribution in [2.24, 2.45) is 0 Å². The molecule has 2 aliphatic heterocycles. The zero-order valence-electron chi connectivity index (χ0n) is 45.2. The van der Waals surface area contributed by atoms with Crippen LogP contribution < -0.4 is 30.0 Å². The third kappa shape index (κ3) is 14.1. The molecule has 75 heavy (non-hydrogen) atoms. The zero-order chi connectivity index (χ0) is 55.0. The molecule has 6 rings (SSSR count). The van der Waals surface area contributed by atoms with E-state index in [9.17, 15) is 28.0 Å². The van der Waals surface area contributed by atoms with Gasteiger partial charge in [-0.15, -0.1) is 0 Å². The monoisotopic (exact) mass is 1070 g/mol. The number of hydrogen-bond acceptors (Lipinski definition) is 11.